The van der Waals surface area contributed by atoms with E-state index >= 15 is 0 Å². The minimum Gasteiger partial charge on any atom is -0.261 e. The SMILES string of the molecule is FC(F)(F)C1=[C-]CC=C1.FC(F)(F)C1=[C-]CC=C1.[Ru+2]. The van der Waals surface area contributed by atoms with Crippen LogP contribution in [0.25, 0.3) is 0 Å². The smallest absolute Gasteiger partial charge is 0.261 e. The van der Waals surface area contributed by atoms with Crippen LogP contribution in [0.5, 0.6) is 0 Å². The first-order valence-electron chi connectivity index (χ1n) is 4.90. The Balaban J connectivity index is 0.000000324. The van der Waals surface area contributed by atoms with Crippen LogP contribution in [0.4, 0.5) is 26.3 Å². The van der Waals surface area contributed by atoms with Crippen LogP contribution in [-0.4, -0.2) is 12.4 Å². The molecule has 0 aromatic carbocycles. The van der Waals surface area contributed by atoms with Crippen molar-refractivity contribution < 1.29 is 45.8 Å². The van der Waals surface area contributed by atoms with Crippen molar-refractivity contribution >= 4 is 0 Å². The summed E-state index contributed by atoms with van der Waals surface area (Å²) >= 11 is 0. The van der Waals surface area contributed by atoms with Crippen molar-refractivity contribution in [3.63, 3.8) is 0 Å². The minimum atomic E-state index is -4.20. The van der Waals surface area contributed by atoms with Crippen molar-refractivity contribution in [1.29, 1.82) is 0 Å². The van der Waals surface area contributed by atoms with Crippen LogP contribution < -0.4 is 0 Å². The molecule has 0 saturated heterocycles. The van der Waals surface area contributed by atoms with Crippen molar-refractivity contribution in [3.8, 4) is 0 Å². The molecule has 0 amide bonds. The van der Waals surface area contributed by atoms with Gasteiger partial charge in [0.15, 0.2) is 0 Å². The summed E-state index contributed by atoms with van der Waals surface area (Å²) in [6, 6.07) is 0. The van der Waals surface area contributed by atoms with E-state index in [2.05, 4.69) is 12.2 Å². The van der Waals surface area contributed by atoms with Crippen LogP contribution in [0, 0.1) is 12.2 Å². The molecule has 0 fully saturated rings. The van der Waals surface area contributed by atoms with Crippen molar-refractivity contribution in [2.45, 2.75) is 25.2 Å². The molecule has 2 aliphatic carbocycles. The number of rotatable bonds is 0. The van der Waals surface area contributed by atoms with E-state index in [0.29, 0.717) is 0 Å². The Kier molecular flexibility index (Phi) is 6.77. The van der Waals surface area contributed by atoms with Crippen molar-refractivity contribution in [1.82, 2.24) is 0 Å². The second-order valence-corrected chi connectivity index (χ2v) is 3.39. The van der Waals surface area contributed by atoms with Gasteiger partial charge in [0, 0.05) is 0 Å². The normalized spacial score (nSPS) is 17.4. The zero-order chi connectivity index (χ0) is 13.8. The summed E-state index contributed by atoms with van der Waals surface area (Å²) < 4.78 is 69.7. The van der Waals surface area contributed by atoms with E-state index in [1.807, 2.05) is 0 Å². The zero-order valence-corrected chi connectivity index (χ0v) is 11.1. The quantitative estimate of drug-likeness (QED) is 0.337. The Morgan fingerprint density at radius 3 is 1.16 bits per heavy atom. The van der Waals surface area contributed by atoms with Crippen molar-refractivity contribution in [2.75, 3.05) is 0 Å². The zero-order valence-electron chi connectivity index (χ0n) is 9.34. The third kappa shape index (κ3) is 6.23. The molecule has 19 heavy (non-hydrogen) atoms. The molecule has 106 valence electrons. The van der Waals surface area contributed by atoms with Crippen LogP contribution in [0.1, 0.15) is 12.8 Å². The second-order valence-electron chi connectivity index (χ2n) is 3.39. The van der Waals surface area contributed by atoms with Crippen LogP contribution in [-0.2, 0) is 19.5 Å². The topological polar surface area (TPSA) is 0 Å². The molecular weight excluding hydrogens is 359 g/mol. The van der Waals surface area contributed by atoms with E-state index in [0.717, 1.165) is 12.2 Å². The summed E-state index contributed by atoms with van der Waals surface area (Å²) in [6.45, 7) is 0. The molecule has 0 aromatic rings. The first kappa shape index (κ1) is 18.2. The predicted molar refractivity (Wildman–Crippen MR) is 53.1 cm³/mol. The molecule has 0 unspecified atom stereocenters. The fourth-order valence-electron chi connectivity index (χ4n) is 1.20. The maximum atomic E-state index is 11.6. The molecule has 2 rings (SSSR count). The molecule has 7 heteroatoms. The number of hydrogen-bond acceptors (Lipinski definition) is 0. The monoisotopic (exact) mass is 368 g/mol. The maximum Gasteiger partial charge on any atom is 2.00 e. The second kappa shape index (κ2) is 7.08. The first-order valence-corrected chi connectivity index (χ1v) is 4.90. The molecule has 0 nitrogen and oxygen atoms in total. The van der Waals surface area contributed by atoms with Gasteiger partial charge in [-0.15, -0.1) is 24.0 Å². The molecule has 0 bridgehead atoms. The van der Waals surface area contributed by atoms with Gasteiger partial charge < -0.3 is 0 Å². The van der Waals surface area contributed by atoms with Gasteiger partial charge in [-0.05, 0) is 0 Å². The maximum absolute atomic E-state index is 11.6. The average Bonchev–Trinajstić information content (AvgIpc) is 2.91. The standard InChI is InChI=1S/2C6H4F3.Ru/c2*7-6(8,9)5-3-1-2-4-5;/h2*1,3H,2H2;/q2*-1;+2. The Bertz CT molecular complexity index is 369. The number of hydrogen-bond donors (Lipinski definition) is 0. The van der Waals surface area contributed by atoms with Gasteiger partial charge in [-0.2, -0.15) is 38.5 Å². The van der Waals surface area contributed by atoms with Gasteiger partial charge in [0.1, 0.15) is 0 Å². The summed E-state index contributed by atoms with van der Waals surface area (Å²) in [5, 5.41) is 0. The number of alkyl halides is 6. The number of allylic oxidation sites excluding steroid dienone is 8. The molecule has 0 N–H and O–H groups in total. The number of halogens is 6. The van der Waals surface area contributed by atoms with Crippen LogP contribution in [0.15, 0.2) is 35.5 Å². The largest absolute Gasteiger partial charge is 2.00 e. The average molecular weight is 367 g/mol. The molecule has 0 aliphatic heterocycles. The van der Waals surface area contributed by atoms with Gasteiger partial charge in [0.2, 0.25) is 0 Å². The van der Waals surface area contributed by atoms with Gasteiger partial charge >= 0.3 is 31.8 Å². The van der Waals surface area contributed by atoms with E-state index in [1.54, 1.807) is 0 Å². The van der Waals surface area contributed by atoms with Crippen molar-refractivity contribution in [2.24, 2.45) is 0 Å². The fraction of sp³-hybridized carbons (Fsp3) is 0.333. The Morgan fingerprint density at radius 2 is 1.05 bits per heavy atom. The van der Waals surface area contributed by atoms with E-state index in [-0.39, 0.29) is 32.3 Å². The summed E-state index contributed by atoms with van der Waals surface area (Å²) in [5.41, 5.74) is -1.30. The Labute approximate surface area is 119 Å². The van der Waals surface area contributed by atoms with Gasteiger partial charge in [0.25, 0.3) is 0 Å². The summed E-state index contributed by atoms with van der Waals surface area (Å²) in [4.78, 5) is 0. The van der Waals surface area contributed by atoms with Gasteiger partial charge in [0.05, 0.1) is 0 Å². The predicted octanol–water partition coefficient (Wildman–Crippen LogP) is 4.47. The van der Waals surface area contributed by atoms with Crippen molar-refractivity contribution in [3.05, 3.63) is 47.6 Å². The Hall–Kier alpha value is -0.837. The summed E-state index contributed by atoms with van der Waals surface area (Å²) in [6.07, 6.45) is 1.47. The molecule has 0 spiro atoms. The summed E-state index contributed by atoms with van der Waals surface area (Å²) in [7, 11) is 0. The van der Waals surface area contributed by atoms with Crippen LogP contribution in [0.3, 0.4) is 0 Å². The van der Waals surface area contributed by atoms with E-state index in [4.69, 9.17) is 0 Å². The third-order valence-electron chi connectivity index (χ3n) is 2.00. The molecule has 0 saturated carbocycles. The minimum absolute atomic E-state index is 0. The summed E-state index contributed by atoms with van der Waals surface area (Å²) in [5.74, 6) is 0. The third-order valence-corrected chi connectivity index (χ3v) is 2.00. The van der Waals surface area contributed by atoms with E-state index in [9.17, 15) is 26.3 Å². The molecule has 0 radical (unpaired) electrons. The fourth-order valence-corrected chi connectivity index (χ4v) is 1.20. The first-order chi connectivity index (χ1) is 8.21. The van der Waals surface area contributed by atoms with E-state index < -0.39 is 23.5 Å². The molecular formula is C12H8F6Ru. The molecule has 0 aromatic heterocycles. The van der Waals surface area contributed by atoms with Crippen LogP contribution in [0.2, 0.25) is 0 Å². The van der Waals surface area contributed by atoms with Gasteiger partial charge in [-0.3, -0.25) is 12.2 Å². The molecule has 0 atom stereocenters. The Morgan fingerprint density at radius 1 is 0.737 bits per heavy atom. The van der Waals surface area contributed by atoms with E-state index in [1.165, 1.54) is 12.2 Å². The molecule has 2 aliphatic rings. The van der Waals surface area contributed by atoms with Gasteiger partial charge in [-0.1, -0.05) is 0 Å². The van der Waals surface area contributed by atoms with Gasteiger partial charge in [-0.25, -0.2) is 12.2 Å². The molecule has 0 heterocycles. The van der Waals surface area contributed by atoms with Crippen LogP contribution >= 0.6 is 0 Å².